The van der Waals surface area contributed by atoms with Crippen molar-refractivity contribution in [1.29, 1.82) is 0 Å². The fraction of sp³-hybridized carbons (Fsp3) is 0.636. The van der Waals surface area contributed by atoms with Gasteiger partial charge in [-0.2, -0.15) is 0 Å². The summed E-state index contributed by atoms with van der Waals surface area (Å²) in [6.07, 6.45) is 0. The highest BCUT2D eigenvalue weighted by molar-refractivity contribution is 5.11. The minimum atomic E-state index is 0.358. The van der Waals surface area contributed by atoms with Gasteiger partial charge in [0.15, 0.2) is 0 Å². The number of allylic oxidation sites excluding steroid dienone is 1. The molecule has 0 radical (unpaired) electrons. The molecule has 1 aliphatic heterocycles. The van der Waals surface area contributed by atoms with Gasteiger partial charge in [0.05, 0.1) is 6.04 Å². The molecule has 3 heteroatoms. The average Bonchev–Trinajstić information content (AvgIpc) is 2.16. The summed E-state index contributed by atoms with van der Waals surface area (Å²) in [5.41, 5.74) is 2.19. The van der Waals surface area contributed by atoms with E-state index < -0.39 is 0 Å². The molecule has 1 heterocycles. The summed E-state index contributed by atoms with van der Waals surface area (Å²) in [5, 5.41) is 3.14. The van der Waals surface area contributed by atoms with Crippen LogP contribution in [0.4, 0.5) is 0 Å². The Morgan fingerprint density at radius 3 is 2.50 bits per heavy atom. The van der Waals surface area contributed by atoms with E-state index in [0.717, 1.165) is 31.0 Å². The van der Waals surface area contributed by atoms with E-state index >= 15 is 0 Å². The van der Waals surface area contributed by atoms with E-state index in [0.29, 0.717) is 6.04 Å². The lowest BCUT2D eigenvalue weighted by molar-refractivity contribution is 0.138. The number of hydrogen-bond donors (Lipinski definition) is 1. The Morgan fingerprint density at radius 2 is 2.00 bits per heavy atom. The first-order chi connectivity index (χ1) is 6.56. The highest BCUT2D eigenvalue weighted by atomic mass is 15.3. The highest BCUT2D eigenvalue weighted by Crippen LogP contribution is 2.17. The molecule has 0 spiro atoms. The van der Waals surface area contributed by atoms with Crippen molar-refractivity contribution in [3.63, 3.8) is 0 Å². The normalized spacial score (nSPS) is 23.4. The summed E-state index contributed by atoms with van der Waals surface area (Å²) in [7, 11) is 4.07. The summed E-state index contributed by atoms with van der Waals surface area (Å²) in [5.74, 6) is 0. The molecule has 0 aliphatic carbocycles. The zero-order chi connectivity index (χ0) is 10.7. The minimum absolute atomic E-state index is 0.358. The lowest BCUT2D eigenvalue weighted by atomic mass is 10.1. The monoisotopic (exact) mass is 195 g/mol. The van der Waals surface area contributed by atoms with Crippen molar-refractivity contribution in [2.45, 2.75) is 13.0 Å². The number of likely N-dealkylation sites (N-methyl/N-ethyl adjacent to an activating group) is 2. The molecule has 1 saturated heterocycles. The van der Waals surface area contributed by atoms with Gasteiger partial charge < -0.3 is 15.1 Å². The first-order valence-corrected chi connectivity index (χ1v) is 5.03. The van der Waals surface area contributed by atoms with Crippen molar-refractivity contribution in [3.8, 4) is 0 Å². The van der Waals surface area contributed by atoms with Crippen LogP contribution in [0.3, 0.4) is 0 Å². The smallest absolute Gasteiger partial charge is 0.0805 e. The number of nitrogens with zero attached hydrogens (tertiary/aromatic N) is 2. The predicted molar refractivity (Wildman–Crippen MR) is 61.0 cm³/mol. The predicted octanol–water partition coefficient (Wildman–Crippen LogP) is 0.869. The molecule has 0 aromatic rings. The Bertz CT molecular complexity index is 235. The molecular weight excluding hydrogens is 174 g/mol. The van der Waals surface area contributed by atoms with Gasteiger partial charge in [-0.3, -0.25) is 0 Å². The number of hydrogen-bond acceptors (Lipinski definition) is 3. The molecule has 0 bridgehead atoms. The summed E-state index contributed by atoms with van der Waals surface area (Å²) < 4.78 is 0. The molecule has 1 rings (SSSR count). The number of piperazine rings is 1. The third-order valence-corrected chi connectivity index (χ3v) is 2.80. The summed E-state index contributed by atoms with van der Waals surface area (Å²) in [6, 6.07) is 0.358. The fourth-order valence-electron chi connectivity index (χ4n) is 1.84. The van der Waals surface area contributed by atoms with Crippen molar-refractivity contribution in [2.24, 2.45) is 0 Å². The maximum Gasteiger partial charge on any atom is 0.0805 e. The zero-order valence-corrected chi connectivity index (χ0v) is 9.51. The van der Waals surface area contributed by atoms with Gasteiger partial charge in [-0.1, -0.05) is 13.2 Å². The van der Waals surface area contributed by atoms with Crippen molar-refractivity contribution in [2.75, 3.05) is 33.7 Å². The van der Waals surface area contributed by atoms with Gasteiger partial charge in [0, 0.05) is 38.1 Å². The zero-order valence-electron chi connectivity index (χ0n) is 9.51. The number of rotatable bonds is 3. The molecule has 1 aliphatic rings. The molecule has 14 heavy (non-hydrogen) atoms. The van der Waals surface area contributed by atoms with E-state index in [4.69, 9.17) is 0 Å². The Morgan fingerprint density at radius 1 is 1.36 bits per heavy atom. The molecule has 0 saturated carbocycles. The van der Waals surface area contributed by atoms with Gasteiger partial charge in [0.25, 0.3) is 0 Å². The fourth-order valence-corrected chi connectivity index (χ4v) is 1.84. The van der Waals surface area contributed by atoms with Crippen LogP contribution >= 0.6 is 0 Å². The van der Waals surface area contributed by atoms with E-state index in [-0.39, 0.29) is 0 Å². The minimum Gasteiger partial charge on any atom is -0.390 e. The Kier molecular flexibility index (Phi) is 3.58. The van der Waals surface area contributed by atoms with E-state index in [1.165, 1.54) is 0 Å². The maximum absolute atomic E-state index is 4.04. The van der Waals surface area contributed by atoms with Crippen molar-refractivity contribution in [3.05, 3.63) is 24.6 Å². The second-order valence-electron chi connectivity index (χ2n) is 3.98. The molecule has 1 atom stereocenters. The van der Waals surface area contributed by atoms with Gasteiger partial charge in [-0.25, -0.2) is 0 Å². The molecule has 0 amide bonds. The first-order valence-electron chi connectivity index (χ1n) is 5.03. The van der Waals surface area contributed by atoms with Crippen LogP contribution in [-0.2, 0) is 0 Å². The molecule has 0 aromatic carbocycles. The topological polar surface area (TPSA) is 18.5 Å². The molecular formula is C11H21N3. The van der Waals surface area contributed by atoms with Crippen LogP contribution in [0.1, 0.15) is 6.92 Å². The largest absolute Gasteiger partial charge is 0.390 e. The molecule has 1 N–H and O–H groups in total. The summed E-state index contributed by atoms with van der Waals surface area (Å²) in [4.78, 5) is 4.64. The van der Waals surface area contributed by atoms with Crippen LogP contribution in [0.5, 0.6) is 0 Å². The van der Waals surface area contributed by atoms with Gasteiger partial charge >= 0.3 is 0 Å². The molecule has 1 fully saturated rings. The van der Waals surface area contributed by atoms with Crippen molar-refractivity contribution < 1.29 is 0 Å². The van der Waals surface area contributed by atoms with E-state index in [2.05, 4.69) is 42.2 Å². The second kappa shape index (κ2) is 4.51. The SMILES string of the molecule is C=C(NC)C1CN(C)CCN1C(=C)C. The Balaban J connectivity index is 2.73. The van der Waals surface area contributed by atoms with Crippen molar-refractivity contribution in [1.82, 2.24) is 15.1 Å². The third-order valence-electron chi connectivity index (χ3n) is 2.80. The standard InChI is InChI=1S/C11H21N3/c1-9(2)14-7-6-13(5)8-11(14)10(3)12-4/h11-12H,1,3,6-8H2,2,4-5H3. The van der Waals surface area contributed by atoms with Gasteiger partial charge in [0.1, 0.15) is 0 Å². The molecule has 1 unspecified atom stereocenters. The van der Waals surface area contributed by atoms with Crippen molar-refractivity contribution >= 4 is 0 Å². The lowest BCUT2D eigenvalue weighted by Gasteiger charge is -2.42. The van der Waals surface area contributed by atoms with Gasteiger partial charge in [-0.05, 0) is 14.0 Å². The van der Waals surface area contributed by atoms with Crippen LogP contribution in [0.2, 0.25) is 0 Å². The Hall–Kier alpha value is -0.960. The Labute approximate surface area is 87.1 Å². The number of nitrogens with one attached hydrogen (secondary N) is 1. The first kappa shape index (κ1) is 11.1. The molecule has 3 nitrogen and oxygen atoms in total. The van der Waals surface area contributed by atoms with Crippen LogP contribution in [0, 0.1) is 0 Å². The van der Waals surface area contributed by atoms with Gasteiger partial charge in [-0.15, -0.1) is 0 Å². The lowest BCUT2D eigenvalue weighted by Crippen LogP contribution is -2.52. The van der Waals surface area contributed by atoms with E-state index in [1.807, 2.05) is 7.05 Å². The quantitative estimate of drug-likeness (QED) is 0.721. The molecule has 80 valence electrons. The second-order valence-corrected chi connectivity index (χ2v) is 3.98. The average molecular weight is 195 g/mol. The van der Waals surface area contributed by atoms with E-state index in [9.17, 15) is 0 Å². The summed E-state index contributed by atoms with van der Waals surface area (Å²) >= 11 is 0. The van der Waals surface area contributed by atoms with Crippen LogP contribution < -0.4 is 5.32 Å². The summed E-state index contributed by atoms with van der Waals surface area (Å²) in [6.45, 7) is 13.3. The molecule has 0 aromatic heterocycles. The third kappa shape index (κ3) is 2.29. The van der Waals surface area contributed by atoms with E-state index in [1.54, 1.807) is 0 Å². The van der Waals surface area contributed by atoms with Crippen LogP contribution in [0.25, 0.3) is 0 Å². The van der Waals surface area contributed by atoms with Crippen LogP contribution in [-0.4, -0.2) is 49.6 Å². The van der Waals surface area contributed by atoms with Crippen LogP contribution in [0.15, 0.2) is 24.6 Å². The maximum atomic E-state index is 4.04. The highest BCUT2D eigenvalue weighted by Gasteiger charge is 2.26. The van der Waals surface area contributed by atoms with Gasteiger partial charge in [0.2, 0.25) is 0 Å².